The molecule has 0 saturated heterocycles. The second-order valence-electron chi connectivity index (χ2n) is 3.31. The van der Waals surface area contributed by atoms with E-state index >= 15 is 0 Å². The summed E-state index contributed by atoms with van der Waals surface area (Å²) in [5.74, 6) is 0. The Hall–Kier alpha value is -1.42. The van der Waals surface area contributed by atoms with E-state index in [1.165, 1.54) is 5.69 Å². The minimum Gasteiger partial charge on any atom is -0.319 e. The normalized spacial score (nSPS) is 11.0. The monoisotopic (exact) mass is 190 g/mol. The van der Waals surface area contributed by atoms with Crippen molar-refractivity contribution < 1.29 is 0 Å². The van der Waals surface area contributed by atoms with E-state index in [-0.39, 0.29) is 0 Å². The number of nitrogens with one attached hydrogen (secondary N) is 1. The first-order chi connectivity index (χ1) is 6.83. The lowest BCUT2D eigenvalue weighted by Crippen LogP contribution is -2.11. The minimum atomic E-state index is 0.956. The molecule has 4 nitrogen and oxygen atoms in total. The van der Waals surface area contributed by atoms with Gasteiger partial charge in [-0.3, -0.25) is 4.40 Å². The van der Waals surface area contributed by atoms with Gasteiger partial charge in [0.15, 0.2) is 0 Å². The van der Waals surface area contributed by atoms with Gasteiger partial charge in [-0.2, -0.15) is 0 Å². The highest BCUT2D eigenvalue weighted by Gasteiger charge is 2.06. The summed E-state index contributed by atoms with van der Waals surface area (Å²) in [4.78, 5) is 8.61. The van der Waals surface area contributed by atoms with Gasteiger partial charge in [0, 0.05) is 24.9 Å². The van der Waals surface area contributed by atoms with Crippen LogP contribution in [-0.4, -0.2) is 28.0 Å². The summed E-state index contributed by atoms with van der Waals surface area (Å²) in [6.45, 7) is 3.03. The van der Waals surface area contributed by atoms with Gasteiger partial charge in [-0.05, 0) is 20.0 Å². The molecule has 0 saturated carbocycles. The third-order valence-electron chi connectivity index (χ3n) is 2.38. The van der Waals surface area contributed by atoms with E-state index in [4.69, 9.17) is 0 Å². The molecule has 2 rings (SSSR count). The van der Waals surface area contributed by atoms with Crippen LogP contribution in [0.2, 0.25) is 0 Å². The average Bonchev–Trinajstić information content (AvgIpc) is 2.54. The van der Waals surface area contributed by atoms with Gasteiger partial charge in [0.05, 0.1) is 5.69 Å². The van der Waals surface area contributed by atoms with Crippen molar-refractivity contribution in [1.29, 1.82) is 0 Å². The molecule has 74 valence electrons. The summed E-state index contributed by atoms with van der Waals surface area (Å²) in [6, 6.07) is 1.93. The predicted molar refractivity (Wildman–Crippen MR) is 55.4 cm³/mol. The zero-order chi connectivity index (χ0) is 9.97. The van der Waals surface area contributed by atoms with E-state index < -0.39 is 0 Å². The number of rotatable bonds is 3. The fourth-order valence-electron chi connectivity index (χ4n) is 1.54. The Morgan fingerprint density at radius 3 is 3.07 bits per heavy atom. The maximum absolute atomic E-state index is 4.53. The molecule has 0 atom stereocenters. The summed E-state index contributed by atoms with van der Waals surface area (Å²) in [6.07, 6.45) is 4.54. The average molecular weight is 190 g/mol. The van der Waals surface area contributed by atoms with Gasteiger partial charge in [-0.1, -0.05) is 0 Å². The first-order valence-corrected chi connectivity index (χ1v) is 4.75. The summed E-state index contributed by atoms with van der Waals surface area (Å²) in [5, 5.41) is 3.12. The summed E-state index contributed by atoms with van der Waals surface area (Å²) in [7, 11) is 1.95. The van der Waals surface area contributed by atoms with Crippen molar-refractivity contribution in [2.24, 2.45) is 0 Å². The molecule has 1 N–H and O–H groups in total. The first kappa shape index (κ1) is 9.15. The Kier molecular flexibility index (Phi) is 2.45. The molecule has 0 aromatic carbocycles. The van der Waals surface area contributed by atoms with Crippen molar-refractivity contribution in [3.63, 3.8) is 0 Å². The van der Waals surface area contributed by atoms with E-state index in [0.717, 1.165) is 24.3 Å². The molecule has 2 aromatic rings. The zero-order valence-corrected chi connectivity index (χ0v) is 8.49. The van der Waals surface area contributed by atoms with E-state index in [0.29, 0.717) is 0 Å². The molecule has 14 heavy (non-hydrogen) atoms. The van der Waals surface area contributed by atoms with Crippen LogP contribution >= 0.6 is 0 Å². The number of hydrogen-bond donors (Lipinski definition) is 1. The van der Waals surface area contributed by atoms with Crippen molar-refractivity contribution in [2.75, 3.05) is 13.6 Å². The lowest BCUT2D eigenvalue weighted by molar-refractivity contribution is 0.775. The number of imidazole rings is 1. The summed E-state index contributed by atoms with van der Waals surface area (Å²) >= 11 is 0. The molecular weight excluding hydrogens is 176 g/mol. The second-order valence-corrected chi connectivity index (χ2v) is 3.31. The molecule has 2 aromatic heterocycles. The molecule has 0 aliphatic heterocycles. The van der Waals surface area contributed by atoms with E-state index in [1.807, 2.05) is 17.5 Å². The predicted octanol–water partition coefficient (Wildman–Crippen LogP) is 0.800. The van der Waals surface area contributed by atoms with Crippen molar-refractivity contribution in [1.82, 2.24) is 19.7 Å². The first-order valence-electron chi connectivity index (χ1n) is 4.75. The van der Waals surface area contributed by atoms with Crippen LogP contribution < -0.4 is 5.32 Å². The summed E-state index contributed by atoms with van der Waals surface area (Å²) < 4.78 is 2.02. The molecule has 0 aliphatic rings. The molecular formula is C10H14N4. The fraction of sp³-hybridized carbons (Fsp3) is 0.400. The third kappa shape index (κ3) is 1.48. The quantitative estimate of drug-likeness (QED) is 0.778. The Balaban J connectivity index is 2.41. The van der Waals surface area contributed by atoms with Gasteiger partial charge in [-0.15, -0.1) is 0 Å². The highest BCUT2D eigenvalue weighted by atomic mass is 15.1. The summed E-state index contributed by atoms with van der Waals surface area (Å²) in [5.41, 5.74) is 3.30. The van der Waals surface area contributed by atoms with E-state index in [9.17, 15) is 0 Å². The lowest BCUT2D eigenvalue weighted by Gasteiger charge is -1.97. The number of fused-ring (bicyclic) bond motifs is 1. The minimum absolute atomic E-state index is 0.956. The van der Waals surface area contributed by atoms with E-state index in [1.54, 1.807) is 12.5 Å². The van der Waals surface area contributed by atoms with Crippen LogP contribution in [0, 0.1) is 6.92 Å². The topological polar surface area (TPSA) is 42.2 Å². The molecule has 0 fully saturated rings. The largest absolute Gasteiger partial charge is 0.319 e. The van der Waals surface area contributed by atoms with Crippen LogP contribution in [0.3, 0.4) is 0 Å². The van der Waals surface area contributed by atoms with Gasteiger partial charge in [0.1, 0.15) is 12.0 Å². The van der Waals surface area contributed by atoms with Crippen LogP contribution in [0.1, 0.15) is 11.4 Å². The van der Waals surface area contributed by atoms with Crippen molar-refractivity contribution >= 4 is 5.65 Å². The van der Waals surface area contributed by atoms with Crippen LogP contribution in [-0.2, 0) is 6.42 Å². The van der Waals surface area contributed by atoms with Crippen LogP contribution in [0.5, 0.6) is 0 Å². The second kappa shape index (κ2) is 3.75. The highest BCUT2D eigenvalue weighted by Crippen LogP contribution is 2.10. The Morgan fingerprint density at radius 2 is 2.36 bits per heavy atom. The number of nitrogens with zero attached hydrogens (tertiary/aromatic N) is 3. The molecule has 0 radical (unpaired) electrons. The van der Waals surface area contributed by atoms with Crippen LogP contribution in [0.4, 0.5) is 0 Å². The van der Waals surface area contributed by atoms with Crippen LogP contribution in [0.15, 0.2) is 18.6 Å². The molecule has 0 bridgehead atoms. The third-order valence-corrected chi connectivity index (χ3v) is 2.38. The van der Waals surface area contributed by atoms with Gasteiger partial charge < -0.3 is 5.32 Å². The molecule has 0 aliphatic carbocycles. The Morgan fingerprint density at radius 1 is 1.50 bits per heavy atom. The molecule has 0 spiro atoms. The highest BCUT2D eigenvalue weighted by molar-refractivity contribution is 5.41. The smallest absolute Gasteiger partial charge is 0.139 e. The number of aromatic nitrogens is 3. The number of aryl methyl sites for hydroxylation is 1. The van der Waals surface area contributed by atoms with Gasteiger partial charge in [0.2, 0.25) is 0 Å². The molecule has 0 unspecified atom stereocenters. The number of hydrogen-bond acceptors (Lipinski definition) is 3. The van der Waals surface area contributed by atoms with Gasteiger partial charge >= 0.3 is 0 Å². The molecule has 0 amide bonds. The van der Waals surface area contributed by atoms with Gasteiger partial charge in [0.25, 0.3) is 0 Å². The van der Waals surface area contributed by atoms with E-state index in [2.05, 4.69) is 22.2 Å². The van der Waals surface area contributed by atoms with Crippen molar-refractivity contribution in [3.05, 3.63) is 30.0 Å². The zero-order valence-electron chi connectivity index (χ0n) is 8.49. The SMILES string of the molecule is CNCCc1nc2ccncn2c1C. The number of likely N-dealkylation sites (N-methyl/N-ethyl adjacent to an activating group) is 1. The van der Waals surface area contributed by atoms with Crippen molar-refractivity contribution in [3.8, 4) is 0 Å². The van der Waals surface area contributed by atoms with Gasteiger partial charge in [-0.25, -0.2) is 9.97 Å². The fourth-order valence-corrected chi connectivity index (χ4v) is 1.54. The van der Waals surface area contributed by atoms with Crippen LogP contribution in [0.25, 0.3) is 5.65 Å². The maximum atomic E-state index is 4.53. The molecule has 4 heteroatoms. The Bertz CT molecular complexity index is 433. The standard InChI is InChI=1S/C10H14N4/c1-8-9(3-5-11-2)13-10-4-6-12-7-14(8)10/h4,6-7,11H,3,5H2,1-2H3. The lowest BCUT2D eigenvalue weighted by atomic mass is 10.2. The Labute approximate surface area is 83.0 Å². The maximum Gasteiger partial charge on any atom is 0.139 e. The van der Waals surface area contributed by atoms with Crippen molar-refractivity contribution in [2.45, 2.75) is 13.3 Å². The molecule has 2 heterocycles.